The topological polar surface area (TPSA) is 37.8 Å². The van der Waals surface area contributed by atoms with Crippen LogP contribution >= 0.6 is 11.3 Å². The third-order valence-corrected chi connectivity index (χ3v) is 2.77. The van der Waals surface area contributed by atoms with Gasteiger partial charge in [-0.05, 0) is 35.5 Å². The fourth-order valence-corrected chi connectivity index (χ4v) is 2.08. The molecule has 0 bridgehead atoms. The van der Waals surface area contributed by atoms with E-state index in [1.165, 1.54) is 5.56 Å². The summed E-state index contributed by atoms with van der Waals surface area (Å²) in [7, 11) is 1.93. The van der Waals surface area contributed by atoms with Gasteiger partial charge in [-0.1, -0.05) is 0 Å². The molecular weight excluding hydrogens is 194 g/mol. The zero-order valence-electron chi connectivity index (χ0n) is 7.84. The first-order valence-electron chi connectivity index (χ1n) is 4.37. The summed E-state index contributed by atoms with van der Waals surface area (Å²) in [6.45, 7) is 0. The summed E-state index contributed by atoms with van der Waals surface area (Å²) in [4.78, 5) is 8.14. The van der Waals surface area contributed by atoms with E-state index in [-0.39, 0.29) is 6.04 Å². The molecule has 0 aromatic carbocycles. The number of nitrogens with one attached hydrogen (secondary N) is 1. The first-order valence-corrected chi connectivity index (χ1v) is 5.31. The summed E-state index contributed by atoms with van der Waals surface area (Å²) in [6, 6.07) is 4.21. The standard InChI is InChI=1S/C10H11N3S/c1-11-10(8-3-5-14-6-8)9-2-4-12-7-13-9/h2-7,10-11H,1H3. The molecule has 14 heavy (non-hydrogen) atoms. The minimum absolute atomic E-state index is 0.171. The van der Waals surface area contributed by atoms with E-state index in [0.717, 1.165) is 5.69 Å². The van der Waals surface area contributed by atoms with Crippen LogP contribution in [-0.4, -0.2) is 17.0 Å². The number of hydrogen-bond acceptors (Lipinski definition) is 4. The van der Waals surface area contributed by atoms with Crippen LogP contribution in [0.4, 0.5) is 0 Å². The Labute approximate surface area is 86.8 Å². The van der Waals surface area contributed by atoms with Crippen molar-refractivity contribution in [1.82, 2.24) is 15.3 Å². The summed E-state index contributed by atoms with van der Waals surface area (Å²) >= 11 is 1.69. The van der Waals surface area contributed by atoms with Crippen LogP contribution in [0.5, 0.6) is 0 Å². The highest BCUT2D eigenvalue weighted by atomic mass is 32.1. The van der Waals surface area contributed by atoms with Crippen molar-refractivity contribution >= 4 is 11.3 Å². The third-order valence-electron chi connectivity index (χ3n) is 2.07. The molecule has 0 spiro atoms. The van der Waals surface area contributed by atoms with E-state index < -0.39 is 0 Å². The van der Waals surface area contributed by atoms with Crippen molar-refractivity contribution in [2.24, 2.45) is 0 Å². The van der Waals surface area contributed by atoms with Crippen molar-refractivity contribution in [3.8, 4) is 0 Å². The van der Waals surface area contributed by atoms with Crippen LogP contribution in [0.2, 0.25) is 0 Å². The van der Waals surface area contributed by atoms with Crippen LogP contribution in [0.15, 0.2) is 35.4 Å². The SMILES string of the molecule is CNC(c1ccsc1)c1ccncn1. The van der Waals surface area contributed by atoms with Crippen molar-refractivity contribution in [3.63, 3.8) is 0 Å². The quantitative estimate of drug-likeness (QED) is 0.831. The van der Waals surface area contributed by atoms with Crippen LogP contribution in [-0.2, 0) is 0 Å². The molecule has 0 saturated heterocycles. The van der Waals surface area contributed by atoms with E-state index in [4.69, 9.17) is 0 Å². The fraction of sp³-hybridized carbons (Fsp3) is 0.200. The van der Waals surface area contributed by atoms with Gasteiger partial charge in [-0.2, -0.15) is 11.3 Å². The van der Waals surface area contributed by atoms with Crippen LogP contribution in [0.25, 0.3) is 0 Å². The molecule has 0 aliphatic rings. The van der Waals surface area contributed by atoms with Gasteiger partial charge in [-0.25, -0.2) is 9.97 Å². The van der Waals surface area contributed by atoms with Gasteiger partial charge in [0.1, 0.15) is 6.33 Å². The molecule has 0 fully saturated rings. The fourth-order valence-electron chi connectivity index (χ4n) is 1.40. The predicted molar refractivity (Wildman–Crippen MR) is 57.3 cm³/mol. The molecule has 2 aromatic rings. The lowest BCUT2D eigenvalue weighted by molar-refractivity contribution is 0.670. The Hall–Kier alpha value is -1.26. The second-order valence-corrected chi connectivity index (χ2v) is 3.69. The summed E-state index contributed by atoms with van der Waals surface area (Å²) in [6.07, 6.45) is 3.34. The molecule has 1 unspecified atom stereocenters. The van der Waals surface area contributed by atoms with E-state index in [0.29, 0.717) is 0 Å². The Bertz CT molecular complexity index is 372. The number of hydrogen-bond donors (Lipinski definition) is 1. The number of thiophene rings is 1. The summed E-state index contributed by atoms with van der Waals surface area (Å²) in [5, 5.41) is 7.44. The first-order chi connectivity index (χ1) is 6.92. The van der Waals surface area contributed by atoms with Crippen LogP contribution in [0, 0.1) is 0 Å². The molecule has 2 aromatic heterocycles. The largest absolute Gasteiger partial charge is 0.308 e. The molecule has 0 saturated carbocycles. The van der Waals surface area contributed by atoms with Crippen molar-refractivity contribution < 1.29 is 0 Å². The van der Waals surface area contributed by atoms with Gasteiger partial charge < -0.3 is 5.32 Å². The maximum atomic E-state index is 4.24. The Morgan fingerprint density at radius 2 is 2.36 bits per heavy atom. The molecule has 0 aliphatic heterocycles. The normalized spacial score (nSPS) is 12.6. The molecule has 0 aliphatic carbocycles. The average molecular weight is 205 g/mol. The summed E-state index contributed by atoms with van der Waals surface area (Å²) < 4.78 is 0. The maximum absolute atomic E-state index is 4.24. The molecule has 72 valence electrons. The molecule has 0 amide bonds. The number of nitrogens with zero attached hydrogens (tertiary/aromatic N) is 2. The molecule has 2 rings (SSSR count). The van der Waals surface area contributed by atoms with Gasteiger partial charge in [0.2, 0.25) is 0 Å². The summed E-state index contributed by atoms with van der Waals surface area (Å²) in [5.41, 5.74) is 2.25. The van der Waals surface area contributed by atoms with E-state index >= 15 is 0 Å². The third kappa shape index (κ3) is 1.81. The lowest BCUT2D eigenvalue weighted by Crippen LogP contribution is -2.18. The molecule has 0 radical (unpaired) electrons. The first kappa shape index (κ1) is 9.30. The number of rotatable bonds is 3. The highest BCUT2D eigenvalue weighted by molar-refractivity contribution is 7.08. The Morgan fingerprint density at radius 3 is 2.93 bits per heavy atom. The highest BCUT2D eigenvalue weighted by Gasteiger charge is 2.12. The van der Waals surface area contributed by atoms with Crippen molar-refractivity contribution in [2.75, 3.05) is 7.05 Å². The van der Waals surface area contributed by atoms with Gasteiger partial charge in [0.25, 0.3) is 0 Å². The van der Waals surface area contributed by atoms with E-state index in [2.05, 4.69) is 32.1 Å². The van der Waals surface area contributed by atoms with Crippen LogP contribution in [0.3, 0.4) is 0 Å². The minimum Gasteiger partial charge on any atom is -0.308 e. The average Bonchev–Trinajstić information content (AvgIpc) is 2.74. The van der Waals surface area contributed by atoms with Gasteiger partial charge in [0.15, 0.2) is 0 Å². The Kier molecular flexibility index (Phi) is 2.86. The van der Waals surface area contributed by atoms with Crippen molar-refractivity contribution in [1.29, 1.82) is 0 Å². The smallest absolute Gasteiger partial charge is 0.115 e. The van der Waals surface area contributed by atoms with Crippen molar-refractivity contribution in [2.45, 2.75) is 6.04 Å². The van der Waals surface area contributed by atoms with Gasteiger partial charge >= 0.3 is 0 Å². The molecule has 2 heterocycles. The maximum Gasteiger partial charge on any atom is 0.115 e. The Balaban J connectivity index is 2.31. The van der Waals surface area contributed by atoms with Gasteiger partial charge in [-0.15, -0.1) is 0 Å². The van der Waals surface area contributed by atoms with Crippen LogP contribution in [0.1, 0.15) is 17.3 Å². The van der Waals surface area contributed by atoms with Gasteiger partial charge in [0, 0.05) is 6.20 Å². The van der Waals surface area contributed by atoms with E-state index in [9.17, 15) is 0 Å². The van der Waals surface area contributed by atoms with Crippen molar-refractivity contribution in [3.05, 3.63) is 46.7 Å². The lowest BCUT2D eigenvalue weighted by atomic mass is 10.1. The van der Waals surface area contributed by atoms with E-state index in [1.807, 2.05) is 13.1 Å². The zero-order valence-corrected chi connectivity index (χ0v) is 8.66. The van der Waals surface area contributed by atoms with Gasteiger partial charge in [0.05, 0.1) is 11.7 Å². The highest BCUT2D eigenvalue weighted by Crippen LogP contribution is 2.21. The lowest BCUT2D eigenvalue weighted by Gasteiger charge is -2.13. The van der Waals surface area contributed by atoms with E-state index in [1.54, 1.807) is 23.9 Å². The monoisotopic (exact) mass is 205 g/mol. The number of aromatic nitrogens is 2. The molecule has 4 heteroatoms. The molecule has 1 N–H and O–H groups in total. The molecular formula is C10H11N3S. The van der Waals surface area contributed by atoms with Gasteiger partial charge in [-0.3, -0.25) is 0 Å². The minimum atomic E-state index is 0.171. The predicted octanol–water partition coefficient (Wildman–Crippen LogP) is 1.85. The summed E-state index contributed by atoms with van der Waals surface area (Å²) in [5.74, 6) is 0. The Morgan fingerprint density at radius 1 is 1.43 bits per heavy atom. The zero-order chi connectivity index (χ0) is 9.80. The van der Waals surface area contributed by atoms with Crippen LogP contribution < -0.4 is 5.32 Å². The molecule has 1 atom stereocenters. The second kappa shape index (κ2) is 4.30. The molecule has 3 nitrogen and oxygen atoms in total. The second-order valence-electron chi connectivity index (χ2n) is 2.91.